The lowest BCUT2D eigenvalue weighted by Crippen LogP contribution is -2.55. The van der Waals surface area contributed by atoms with Crippen molar-refractivity contribution in [2.45, 2.75) is 65.6 Å². The average Bonchev–Trinajstić information content (AvgIpc) is 2.76. The summed E-state index contributed by atoms with van der Waals surface area (Å²) in [6.07, 6.45) is -5.39. The van der Waals surface area contributed by atoms with Gasteiger partial charge < -0.3 is 35.0 Å². The first-order chi connectivity index (χ1) is 14.9. The fourth-order valence-corrected chi connectivity index (χ4v) is 3.56. The number of halogens is 1. The molecule has 0 amide bonds. The van der Waals surface area contributed by atoms with Gasteiger partial charge >= 0.3 is 0 Å². The summed E-state index contributed by atoms with van der Waals surface area (Å²) in [5, 5.41) is 47.8. The fraction of sp³-hybridized carbons (Fsp3) is 0.520. The molecular weight excluding hydrogens is 448 g/mol. The maximum Gasteiger partial charge on any atom is 0.119 e. The van der Waals surface area contributed by atoms with E-state index >= 15 is 0 Å². The third kappa shape index (κ3) is 8.22. The predicted molar refractivity (Wildman–Crippen MR) is 131 cm³/mol. The van der Waals surface area contributed by atoms with Gasteiger partial charge in [-0.3, -0.25) is 0 Å². The highest BCUT2D eigenvalue weighted by molar-refractivity contribution is 6.31. The van der Waals surface area contributed by atoms with Crippen molar-refractivity contribution in [1.82, 2.24) is 0 Å². The first-order valence-electron chi connectivity index (χ1n) is 10.3. The molecule has 1 aliphatic heterocycles. The zero-order valence-electron chi connectivity index (χ0n) is 17.7. The zero-order valence-corrected chi connectivity index (χ0v) is 18.4. The Balaban J connectivity index is 0.00000194. The second-order valence-electron chi connectivity index (χ2n) is 7.17. The van der Waals surface area contributed by atoms with Crippen LogP contribution in [0.5, 0.6) is 5.75 Å². The maximum absolute atomic E-state index is 10.3. The number of benzene rings is 2. The van der Waals surface area contributed by atoms with Gasteiger partial charge in [0.25, 0.3) is 0 Å². The lowest BCUT2D eigenvalue weighted by Gasteiger charge is -2.40. The van der Waals surface area contributed by atoms with Crippen molar-refractivity contribution in [3.05, 3.63) is 64.2 Å². The van der Waals surface area contributed by atoms with Crippen LogP contribution < -0.4 is 4.74 Å². The quantitative estimate of drug-likeness (QED) is 0.425. The SMILES string of the molecule is C.C.CCO.CCOc1ccc(Cc2cc([C@@H]3O[C@H](CO)[C@@H](O)[C@H](O)[C@H]3O)ccc2Cl)cc1. The number of aliphatic hydroxyl groups excluding tert-OH is 5. The molecule has 2 aromatic carbocycles. The van der Waals surface area contributed by atoms with Gasteiger partial charge in [-0.1, -0.05) is 50.7 Å². The van der Waals surface area contributed by atoms with Crippen LogP contribution in [0.3, 0.4) is 0 Å². The van der Waals surface area contributed by atoms with Crippen LogP contribution in [0.2, 0.25) is 5.02 Å². The van der Waals surface area contributed by atoms with Gasteiger partial charge in [0.15, 0.2) is 0 Å². The van der Waals surface area contributed by atoms with E-state index in [1.165, 1.54) is 0 Å². The Labute approximate surface area is 202 Å². The third-order valence-electron chi connectivity index (χ3n) is 4.92. The molecule has 5 atom stereocenters. The van der Waals surface area contributed by atoms with Crippen molar-refractivity contribution in [1.29, 1.82) is 0 Å². The largest absolute Gasteiger partial charge is 0.494 e. The molecule has 0 bridgehead atoms. The highest BCUT2D eigenvalue weighted by atomic mass is 35.5. The highest BCUT2D eigenvalue weighted by Crippen LogP contribution is 2.34. The topological polar surface area (TPSA) is 120 Å². The molecule has 33 heavy (non-hydrogen) atoms. The number of hydrogen-bond donors (Lipinski definition) is 5. The van der Waals surface area contributed by atoms with E-state index in [0.717, 1.165) is 16.9 Å². The molecule has 0 saturated carbocycles. The van der Waals surface area contributed by atoms with Crippen molar-refractivity contribution in [2.24, 2.45) is 0 Å². The van der Waals surface area contributed by atoms with E-state index in [1.54, 1.807) is 19.1 Å². The van der Waals surface area contributed by atoms with Crippen molar-refractivity contribution >= 4 is 11.6 Å². The lowest BCUT2D eigenvalue weighted by molar-refractivity contribution is -0.231. The average molecular weight is 487 g/mol. The van der Waals surface area contributed by atoms with E-state index in [2.05, 4.69) is 0 Å². The molecule has 7 nitrogen and oxygen atoms in total. The van der Waals surface area contributed by atoms with Gasteiger partial charge in [-0.15, -0.1) is 0 Å². The molecule has 1 saturated heterocycles. The molecular formula is C25H39ClO7. The van der Waals surface area contributed by atoms with Gasteiger partial charge in [-0.2, -0.15) is 0 Å². The summed E-state index contributed by atoms with van der Waals surface area (Å²) >= 11 is 6.35. The van der Waals surface area contributed by atoms with Crippen LogP contribution >= 0.6 is 11.6 Å². The maximum atomic E-state index is 10.3. The van der Waals surface area contributed by atoms with E-state index in [9.17, 15) is 20.4 Å². The summed E-state index contributed by atoms with van der Waals surface area (Å²) in [7, 11) is 0. The third-order valence-corrected chi connectivity index (χ3v) is 5.29. The molecule has 1 heterocycles. The molecule has 8 heteroatoms. The molecule has 3 rings (SSSR count). The Bertz CT molecular complexity index is 798. The Kier molecular flexibility index (Phi) is 14.5. The molecule has 1 aliphatic rings. The van der Waals surface area contributed by atoms with Crippen LogP contribution in [-0.2, 0) is 11.2 Å². The van der Waals surface area contributed by atoms with E-state index < -0.39 is 37.1 Å². The minimum absolute atomic E-state index is 0. The van der Waals surface area contributed by atoms with Gasteiger partial charge in [0, 0.05) is 11.6 Å². The Morgan fingerprint density at radius 1 is 0.909 bits per heavy atom. The minimum atomic E-state index is -1.42. The van der Waals surface area contributed by atoms with Crippen LogP contribution in [-0.4, -0.2) is 69.8 Å². The Morgan fingerprint density at radius 2 is 1.52 bits per heavy atom. The molecule has 1 fully saturated rings. The first-order valence-corrected chi connectivity index (χ1v) is 10.6. The van der Waals surface area contributed by atoms with Gasteiger partial charge in [-0.05, 0) is 55.2 Å². The second kappa shape index (κ2) is 15.2. The van der Waals surface area contributed by atoms with Crippen molar-refractivity contribution < 1.29 is 35.0 Å². The summed E-state index contributed by atoms with van der Waals surface area (Å²) in [6.45, 7) is 4.00. The van der Waals surface area contributed by atoms with E-state index in [-0.39, 0.29) is 21.5 Å². The van der Waals surface area contributed by atoms with Gasteiger partial charge in [0.2, 0.25) is 0 Å². The van der Waals surface area contributed by atoms with E-state index in [0.29, 0.717) is 23.6 Å². The smallest absolute Gasteiger partial charge is 0.119 e. The van der Waals surface area contributed by atoms with Crippen LogP contribution in [0, 0.1) is 0 Å². The zero-order chi connectivity index (χ0) is 23.0. The molecule has 2 aromatic rings. The predicted octanol–water partition coefficient (Wildman–Crippen LogP) is 3.12. The molecule has 5 N–H and O–H groups in total. The van der Waals surface area contributed by atoms with E-state index in [1.807, 2.05) is 37.3 Å². The molecule has 0 aromatic heterocycles. The monoisotopic (exact) mass is 486 g/mol. The number of rotatable bonds is 6. The normalized spacial score (nSPS) is 23.9. The van der Waals surface area contributed by atoms with Gasteiger partial charge in [0.1, 0.15) is 36.3 Å². The number of ether oxygens (including phenoxy) is 2. The summed E-state index contributed by atoms with van der Waals surface area (Å²) in [6, 6.07) is 12.9. The minimum Gasteiger partial charge on any atom is -0.494 e. The molecule has 0 aliphatic carbocycles. The Hall–Kier alpha value is -1.71. The van der Waals surface area contributed by atoms with Crippen molar-refractivity contribution in [3.63, 3.8) is 0 Å². The van der Waals surface area contributed by atoms with Crippen molar-refractivity contribution in [3.8, 4) is 5.75 Å². The van der Waals surface area contributed by atoms with Crippen molar-refractivity contribution in [2.75, 3.05) is 19.8 Å². The summed E-state index contributed by atoms with van der Waals surface area (Å²) in [4.78, 5) is 0. The van der Waals surface area contributed by atoms with Crippen LogP contribution in [0.4, 0.5) is 0 Å². The molecule has 0 unspecified atom stereocenters. The van der Waals surface area contributed by atoms with Crippen LogP contribution in [0.1, 0.15) is 51.5 Å². The van der Waals surface area contributed by atoms with Crippen LogP contribution in [0.15, 0.2) is 42.5 Å². The summed E-state index contributed by atoms with van der Waals surface area (Å²) in [5.41, 5.74) is 2.49. The lowest BCUT2D eigenvalue weighted by atomic mass is 9.90. The van der Waals surface area contributed by atoms with Gasteiger partial charge in [0.05, 0.1) is 13.2 Å². The molecule has 0 spiro atoms. The van der Waals surface area contributed by atoms with E-state index in [4.69, 9.17) is 26.2 Å². The number of hydrogen-bond acceptors (Lipinski definition) is 7. The number of aliphatic hydroxyl groups is 5. The highest BCUT2D eigenvalue weighted by Gasteiger charge is 2.43. The van der Waals surface area contributed by atoms with Crippen LogP contribution in [0.25, 0.3) is 0 Å². The standard InChI is InChI=1S/C21H25ClO6.C2H6O.2CH4/c1-2-27-15-6-3-12(4-7-15)9-14-10-13(5-8-16(14)22)21-20(26)19(25)18(24)17(11-23)28-21;1-2-3;;/h3-8,10,17-21,23-26H,2,9,11H2,1H3;3H,2H2,1H3;2*1H4/t17-,18-,19+,20-,21+;;;/m1.../s1. The summed E-state index contributed by atoms with van der Waals surface area (Å²) in [5.74, 6) is 0.799. The fourth-order valence-electron chi connectivity index (χ4n) is 3.37. The molecule has 188 valence electrons. The first kappa shape index (κ1) is 31.3. The summed E-state index contributed by atoms with van der Waals surface area (Å²) < 4.78 is 11.1. The second-order valence-corrected chi connectivity index (χ2v) is 7.58. The Morgan fingerprint density at radius 3 is 2.06 bits per heavy atom. The molecule has 0 radical (unpaired) electrons. The van der Waals surface area contributed by atoms with Gasteiger partial charge in [-0.25, -0.2) is 0 Å².